The number of unbranched alkanes of at least 4 members (excludes halogenated alkanes) is 1. The maximum atomic E-state index is 5.58. The van der Waals surface area contributed by atoms with E-state index in [1.807, 2.05) is 12.1 Å². The van der Waals surface area contributed by atoms with Crippen molar-refractivity contribution in [3.8, 4) is 0 Å². The summed E-state index contributed by atoms with van der Waals surface area (Å²) in [6.07, 6.45) is 5.25. The van der Waals surface area contributed by atoms with E-state index in [0.717, 1.165) is 24.3 Å². The van der Waals surface area contributed by atoms with Gasteiger partial charge < -0.3 is 10.6 Å². The first kappa shape index (κ1) is 12.0. The second-order valence-corrected chi connectivity index (χ2v) is 3.99. The highest BCUT2D eigenvalue weighted by molar-refractivity contribution is 5.34. The van der Waals surface area contributed by atoms with Gasteiger partial charge in [0.2, 0.25) is 0 Å². The van der Waals surface area contributed by atoms with Crippen molar-refractivity contribution in [1.29, 1.82) is 0 Å². The molecule has 0 aromatic carbocycles. The van der Waals surface area contributed by atoms with E-state index in [2.05, 4.69) is 23.9 Å². The van der Waals surface area contributed by atoms with Gasteiger partial charge in [0.1, 0.15) is 0 Å². The highest BCUT2D eigenvalue weighted by Gasteiger charge is 1.99. The molecule has 0 unspecified atom stereocenters. The second-order valence-electron chi connectivity index (χ2n) is 3.99. The van der Waals surface area contributed by atoms with Crippen LogP contribution in [0.2, 0.25) is 0 Å². The summed E-state index contributed by atoms with van der Waals surface area (Å²) in [4.78, 5) is 6.63. The van der Waals surface area contributed by atoms with Crippen molar-refractivity contribution in [2.24, 2.45) is 0 Å². The van der Waals surface area contributed by atoms with Gasteiger partial charge in [-0.25, -0.2) is 0 Å². The number of pyridine rings is 1. The van der Waals surface area contributed by atoms with Crippen LogP contribution in [-0.4, -0.2) is 30.0 Å². The number of hydrogen-bond acceptors (Lipinski definition) is 3. The molecule has 0 radical (unpaired) electrons. The summed E-state index contributed by atoms with van der Waals surface area (Å²) >= 11 is 0. The molecule has 0 aliphatic rings. The normalized spacial score (nSPS) is 10.9. The molecule has 3 heteroatoms. The Morgan fingerprint density at radius 1 is 1.33 bits per heavy atom. The van der Waals surface area contributed by atoms with Gasteiger partial charge in [-0.05, 0) is 32.1 Å². The number of nitrogens with two attached hydrogens (primary N) is 1. The SMILES string of the molecule is CCCCN(C)CCc1ccc(N)cn1. The smallest absolute Gasteiger partial charge is 0.0501 e. The molecular formula is C12H21N3. The first-order chi connectivity index (χ1) is 7.22. The molecule has 1 aromatic rings. The number of nitrogen functional groups attached to an aromatic ring is 1. The van der Waals surface area contributed by atoms with Gasteiger partial charge in [0.15, 0.2) is 0 Å². The Kier molecular flexibility index (Phi) is 5.12. The van der Waals surface area contributed by atoms with Gasteiger partial charge in [-0.1, -0.05) is 13.3 Å². The summed E-state index contributed by atoms with van der Waals surface area (Å²) in [7, 11) is 2.16. The number of likely N-dealkylation sites (N-methyl/N-ethyl adjacent to an activating group) is 1. The molecule has 1 heterocycles. The van der Waals surface area contributed by atoms with E-state index in [4.69, 9.17) is 5.73 Å². The Labute approximate surface area is 92.3 Å². The minimum atomic E-state index is 0.734. The Hall–Kier alpha value is -1.09. The highest BCUT2D eigenvalue weighted by Crippen LogP contribution is 2.02. The summed E-state index contributed by atoms with van der Waals surface area (Å²) in [6.45, 7) is 4.46. The average Bonchev–Trinajstić information content (AvgIpc) is 2.25. The minimum absolute atomic E-state index is 0.734. The monoisotopic (exact) mass is 207 g/mol. The van der Waals surface area contributed by atoms with Crippen LogP contribution < -0.4 is 5.73 Å². The van der Waals surface area contributed by atoms with Crippen LogP contribution in [0.5, 0.6) is 0 Å². The molecule has 0 saturated carbocycles. The molecule has 84 valence electrons. The molecule has 15 heavy (non-hydrogen) atoms. The van der Waals surface area contributed by atoms with Crippen molar-refractivity contribution >= 4 is 5.69 Å². The lowest BCUT2D eigenvalue weighted by atomic mass is 10.2. The van der Waals surface area contributed by atoms with Crippen LogP contribution in [0.1, 0.15) is 25.5 Å². The van der Waals surface area contributed by atoms with Crippen LogP contribution in [0.3, 0.4) is 0 Å². The summed E-state index contributed by atoms with van der Waals surface area (Å²) < 4.78 is 0. The lowest BCUT2D eigenvalue weighted by Gasteiger charge is -2.15. The third-order valence-corrected chi connectivity index (χ3v) is 2.49. The van der Waals surface area contributed by atoms with Crippen LogP contribution >= 0.6 is 0 Å². The lowest BCUT2D eigenvalue weighted by Crippen LogP contribution is -2.22. The van der Waals surface area contributed by atoms with E-state index in [-0.39, 0.29) is 0 Å². The van der Waals surface area contributed by atoms with Crippen LogP contribution in [0, 0.1) is 0 Å². The van der Waals surface area contributed by atoms with Gasteiger partial charge >= 0.3 is 0 Å². The highest BCUT2D eigenvalue weighted by atomic mass is 15.1. The molecule has 0 saturated heterocycles. The van der Waals surface area contributed by atoms with Gasteiger partial charge in [-0.15, -0.1) is 0 Å². The van der Waals surface area contributed by atoms with Crippen molar-refractivity contribution in [3.63, 3.8) is 0 Å². The third-order valence-electron chi connectivity index (χ3n) is 2.49. The molecular weight excluding hydrogens is 186 g/mol. The van der Waals surface area contributed by atoms with E-state index in [0.29, 0.717) is 0 Å². The zero-order chi connectivity index (χ0) is 11.1. The van der Waals surface area contributed by atoms with Gasteiger partial charge in [0.05, 0.1) is 11.9 Å². The standard InChI is InChI=1S/C12H21N3/c1-3-4-8-15(2)9-7-12-6-5-11(13)10-14-12/h5-6,10H,3-4,7-9,13H2,1-2H3. The fourth-order valence-electron chi connectivity index (χ4n) is 1.43. The Morgan fingerprint density at radius 3 is 2.73 bits per heavy atom. The molecule has 0 atom stereocenters. The molecule has 0 bridgehead atoms. The van der Waals surface area contributed by atoms with Crippen molar-refractivity contribution in [2.45, 2.75) is 26.2 Å². The van der Waals surface area contributed by atoms with E-state index < -0.39 is 0 Å². The molecule has 3 nitrogen and oxygen atoms in total. The molecule has 0 fully saturated rings. The first-order valence-corrected chi connectivity index (χ1v) is 5.61. The van der Waals surface area contributed by atoms with Crippen LogP contribution in [0.4, 0.5) is 5.69 Å². The van der Waals surface area contributed by atoms with Crippen LogP contribution in [0.25, 0.3) is 0 Å². The Morgan fingerprint density at radius 2 is 2.13 bits per heavy atom. The first-order valence-electron chi connectivity index (χ1n) is 5.61. The van der Waals surface area contributed by atoms with Crippen molar-refractivity contribution in [1.82, 2.24) is 9.88 Å². The summed E-state index contributed by atoms with van der Waals surface area (Å²) in [5, 5.41) is 0. The number of anilines is 1. The quantitative estimate of drug-likeness (QED) is 0.775. The Balaban J connectivity index is 2.27. The number of rotatable bonds is 6. The molecule has 1 aromatic heterocycles. The topological polar surface area (TPSA) is 42.1 Å². The molecule has 0 aliphatic heterocycles. The maximum absolute atomic E-state index is 5.58. The number of aromatic nitrogens is 1. The number of hydrogen-bond donors (Lipinski definition) is 1. The second kappa shape index (κ2) is 6.40. The van der Waals surface area contributed by atoms with Gasteiger partial charge in [-0.2, -0.15) is 0 Å². The van der Waals surface area contributed by atoms with Crippen molar-refractivity contribution in [3.05, 3.63) is 24.0 Å². The van der Waals surface area contributed by atoms with Gasteiger partial charge in [0, 0.05) is 18.7 Å². The van der Waals surface area contributed by atoms with E-state index in [9.17, 15) is 0 Å². The van der Waals surface area contributed by atoms with Crippen molar-refractivity contribution in [2.75, 3.05) is 25.9 Å². The molecule has 2 N–H and O–H groups in total. The maximum Gasteiger partial charge on any atom is 0.0501 e. The van der Waals surface area contributed by atoms with Gasteiger partial charge in [0.25, 0.3) is 0 Å². The van der Waals surface area contributed by atoms with Crippen LogP contribution in [-0.2, 0) is 6.42 Å². The van der Waals surface area contributed by atoms with Gasteiger partial charge in [-0.3, -0.25) is 4.98 Å². The molecule has 1 rings (SSSR count). The lowest BCUT2D eigenvalue weighted by molar-refractivity contribution is 0.331. The summed E-state index contributed by atoms with van der Waals surface area (Å²) in [5.74, 6) is 0. The van der Waals surface area contributed by atoms with E-state index in [1.165, 1.54) is 19.4 Å². The summed E-state index contributed by atoms with van der Waals surface area (Å²) in [5.41, 5.74) is 7.43. The molecule has 0 aliphatic carbocycles. The average molecular weight is 207 g/mol. The fourth-order valence-corrected chi connectivity index (χ4v) is 1.43. The molecule has 0 spiro atoms. The Bertz CT molecular complexity index is 269. The largest absolute Gasteiger partial charge is 0.397 e. The van der Waals surface area contributed by atoms with Crippen LogP contribution in [0.15, 0.2) is 18.3 Å². The molecule has 0 amide bonds. The number of nitrogens with zero attached hydrogens (tertiary/aromatic N) is 2. The van der Waals surface area contributed by atoms with E-state index >= 15 is 0 Å². The van der Waals surface area contributed by atoms with E-state index in [1.54, 1.807) is 6.20 Å². The predicted octanol–water partition coefficient (Wildman–Crippen LogP) is 1.94. The zero-order valence-corrected chi connectivity index (χ0v) is 9.74. The third kappa shape index (κ3) is 4.79. The fraction of sp³-hybridized carbons (Fsp3) is 0.583. The summed E-state index contributed by atoms with van der Waals surface area (Å²) in [6, 6.07) is 3.91. The van der Waals surface area contributed by atoms with Crippen molar-refractivity contribution < 1.29 is 0 Å². The minimum Gasteiger partial charge on any atom is -0.397 e. The zero-order valence-electron chi connectivity index (χ0n) is 9.74. The predicted molar refractivity (Wildman–Crippen MR) is 64.8 cm³/mol.